The Labute approximate surface area is 99.6 Å². The van der Waals surface area contributed by atoms with Gasteiger partial charge in [0.05, 0.1) is 11.7 Å². The van der Waals surface area contributed by atoms with Gasteiger partial charge in [0.1, 0.15) is 0 Å². The van der Waals surface area contributed by atoms with Crippen LogP contribution in [0.4, 0.5) is 0 Å². The Hall–Kier alpha value is -0.640. The molecule has 0 saturated heterocycles. The first-order valence-corrected chi connectivity index (χ1v) is 7.42. The minimum Gasteiger partial charge on any atom is -0.298 e. The molecule has 0 bridgehead atoms. The monoisotopic (exact) mass is 238 g/mol. The number of rotatable bonds is 1. The molecule has 1 N–H and O–H groups in total. The van der Waals surface area contributed by atoms with Gasteiger partial charge in [-0.05, 0) is 25.0 Å². The Morgan fingerprint density at radius 1 is 1.25 bits per heavy atom. The summed E-state index contributed by atoms with van der Waals surface area (Å²) >= 11 is 1.92. The van der Waals surface area contributed by atoms with Crippen molar-refractivity contribution in [3.63, 3.8) is 0 Å². The van der Waals surface area contributed by atoms with E-state index in [1.165, 1.54) is 37.8 Å². The van der Waals surface area contributed by atoms with E-state index in [2.05, 4.69) is 5.10 Å². The van der Waals surface area contributed by atoms with E-state index in [9.17, 15) is 4.79 Å². The van der Waals surface area contributed by atoms with Crippen LogP contribution in [0.25, 0.3) is 0 Å². The number of aromatic nitrogens is 2. The van der Waals surface area contributed by atoms with Crippen molar-refractivity contribution in [3.8, 4) is 0 Å². The first kappa shape index (κ1) is 10.5. The first-order chi connectivity index (χ1) is 7.86. The molecule has 0 spiro atoms. The van der Waals surface area contributed by atoms with Crippen LogP contribution in [0.3, 0.4) is 0 Å². The summed E-state index contributed by atoms with van der Waals surface area (Å²) in [7, 11) is 0. The molecule has 0 atom stereocenters. The van der Waals surface area contributed by atoms with Gasteiger partial charge in [0.25, 0.3) is 5.56 Å². The summed E-state index contributed by atoms with van der Waals surface area (Å²) in [5.74, 6) is 2.09. The lowest BCUT2D eigenvalue weighted by atomic mass is 9.96. The molecule has 4 heteroatoms. The van der Waals surface area contributed by atoms with Gasteiger partial charge in [-0.25, -0.2) is 4.68 Å². The van der Waals surface area contributed by atoms with Crippen LogP contribution in [0.15, 0.2) is 4.79 Å². The third-order valence-electron chi connectivity index (χ3n) is 3.78. The van der Waals surface area contributed by atoms with Crippen LogP contribution in [-0.4, -0.2) is 15.5 Å². The highest BCUT2D eigenvalue weighted by Gasteiger charge is 2.23. The van der Waals surface area contributed by atoms with Crippen LogP contribution in [0, 0.1) is 0 Å². The van der Waals surface area contributed by atoms with Gasteiger partial charge >= 0.3 is 0 Å². The van der Waals surface area contributed by atoms with Gasteiger partial charge in [-0.15, -0.1) is 0 Å². The summed E-state index contributed by atoms with van der Waals surface area (Å²) in [5, 5.41) is 3.35. The molecule has 1 aromatic rings. The molecule has 2 aliphatic rings. The molecule has 0 unspecified atom stereocenters. The number of nitrogens with zero attached hydrogens (tertiary/aromatic N) is 1. The van der Waals surface area contributed by atoms with Gasteiger partial charge in [0.2, 0.25) is 0 Å². The molecule has 3 nitrogen and oxygen atoms in total. The van der Waals surface area contributed by atoms with E-state index in [0.717, 1.165) is 23.5 Å². The lowest BCUT2D eigenvalue weighted by molar-refractivity contribution is 0.322. The second kappa shape index (κ2) is 4.32. The molecule has 0 aromatic carbocycles. The van der Waals surface area contributed by atoms with Crippen LogP contribution in [-0.2, 0) is 12.2 Å². The van der Waals surface area contributed by atoms with Gasteiger partial charge < -0.3 is 0 Å². The molecular formula is C12H18N2OS. The van der Waals surface area contributed by atoms with Crippen LogP contribution < -0.4 is 5.56 Å². The summed E-state index contributed by atoms with van der Waals surface area (Å²) in [5.41, 5.74) is 2.51. The predicted molar refractivity (Wildman–Crippen MR) is 67.0 cm³/mol. The Bertz CT molecular complexity index is 429. The second-order valence-electron chi connectivity index (χ2n) is 4.84. The molecule has 1 fully saturated rings. The molecule has 88 valence electrons. The average molecular weight is 238 g/mol. The molecule has 3 rings (SSSR count). The van der Waals surface area contributed by atoms with Crippen LogP contribution >= 0.6 is 11.8 Å². The maximum atomic E-state index is 12.2. The number of hydrogen-bond donors (Lipinski definition) is 1. The van der Waals surface area contributed by atoms with Gasteiger partial charge in [0, 0.05) is 11.3 Å². The standard InChI is InChI=1S/C12H18N2OS/c15-12-10-6-7-16-8-11(10)13-14(12)9-4-2-1-3-5-9/h9,13H,1-8H2. The van der Waals surface area contributed by atoms with E-state index in [4.69, 9.17) is 0 Å². The highest BCUT2D eigenvalue weighted by molar-refractivity contribution is 7.98. The highest BCUT2D eigenvalue weighted by Crippen LogP contribution is 2.28. The van der Waals surface area contributed by atoms with Crippen molar-refractivity contribution >= 4 is 11.8 Å². The molecule has 16 heavy (non-hydrogen) atoms. The molecule has 1 aromatic heterocycles. The van der Waals surface area contributed by atoms with Crippen molar-refractivity contribution in [1.82, 2.24) is 9.78 Å². The van der Waals surface area contributed by atoms with Crippen molar-refractivity contribution in [1.29, 1.82) is 0 Å². The minimum absolute atomic E-state index is 0.266. The molecular weight excluding hydrogens is 220 g/mol. The van der Waals surface area contributed by atoms with E-state index in [0.29, 0.717) is 6.04 Å². The molecule has 0 radical (unpaired) electrons. The third kappa shape index (κ3) is 1.73. The van der Waals surface area contributed by atoms with Crippen molar-refractivity contribution in [2.24, 2.45) is 0 Å². The lowest BCUT2D eigenvalue weighted by Crippen LogP contribution is -2.26. The fraction of sp³-hybridized carbons (Fsp3) is 0.750. The zero-order chi connectivity index (χ0) is 11.0. The number of aromatic amines is 1. The van der Waals surface area contributed by atoms with E-state index < -0.39 is 0 Å². The summed E-state index contributed by atoms with van der Waals surface area (Å²) in [6.45, 7) is 0. The quantitative estimate of drug-likeness (QED) is 0.816. The molecule has 1 saturated carbocycles. The summed E-state index contributed by atoms with van der Waals surface area (Å²) in [6, 6.07) is 0.442. The van der Waals surface area contributed by atoms with E-state index >= 15 is 0 Å². The molecule has 2 heterocycles. The van der Waals surface area contributed by atoms with E-state index in [1.54, 1.807) is 0 Å². The Morgan fingerprint density at radius 3 is 2.81 bits per heavy atom. The fourth-order valence-corrected chi connectivity index (χ4v) is 3.80. The average Bonchev–Trinajstić information content (AvgIpc) is 2.69. The number of thioether (sulfide) groups is 1. The van der Waals surface area contributed by atoms with Crippen LogP contribution in [0.2, 0.25) is 0 Å². The maximum absolute atomic E-state index is 12.2. The third-order valence-corrected chi connectivity index (χ3v) is 4.76. The highest BCUT2D eigenvalue weighted by atomic mass is 32.2. The van der Waals surface area contributed by atoms with Crippen molar-refractivity contribution in [3.05, 3.63) is 21.6 Å². The largest absolute Gasteiger partial charge is 0.298 e. The zero-order valence-corrected chi connectivity index (χ0v) is 10.3. The lowest BCUT2D eigenvalue weighted by Gasteiger charge is -2.21. The summed E-state index contributed by atoms with van der Waals surface area (Å²) in [4.78, 5) is 12.2. The number of H-pyrrole nitrogens is 1. The minimum atomic E-state index is 0.266. The van der Waals surface area contributed by atoms with Crippen LogP contribution in [0.5, 0.6) is 0 Å². The topological polar surface area (TPSA) is 37.8 Å². The van der Waals surface area contributed by atoms with Gasteiger partial charge in [-0.1, -0.05) is 19.3 Å². The first-order valence-electron chi connectivity index (χ1n) is 6.26. The van der Waals surface area contributed by atoms with E-state index in [1.807, 2.05) is 16.4 Å². The number of hydrogen-bond acceptors (Lipinski definition) is 2. The van der Waals surface area contributed by atoms with Crippen molar-refractivity contribution in [2.45, 2.75) is 50.3 Å². The van der Waals surface area contributed by atoms with Gasteiger partial charge in [0.15, 0.2) is 0 Å². The molecule has 1 aliphatic heterocycles. The Balaban J connectivity index is 1.94. The summed E-state index contributed by atoms with van der Waals surface area (Å²) in [6.07, 6.45) is 7.18. The van der Waals surface area contributed by atoms with Crippen molar-refractivity contribution in [2.75, 3.05) is 5.75 Å². The van der Waals surface area contributed by atoms with E-state index in [-0.39, 0.29) is 5.56 Å². The van der Waals surface area contributed by atoms with Crippen LogP contribution in [0.1, 0.15) is 49.4 Å². The van der Waals surface area contributed by atoms with Gasteiger partial charge in [-0.3, -0.25) is 9.89 Å². The SMILES string of the molecule is O=c1c2c([nH]n1C1CCCCC1)CSCC2. The Kier molecular flexibility index (Phi) is 2.84. The number of nitrogens with one attached hydrogen (secondary N) is 1. The normalized spacial score (nSPS) is 22.0. The maximum Gasteiger partial charge on any atom is 0.270 e. The molecule has 0 amide bonds. The Morgan fingerprint density at radius 2 is 2.06 bits per heavy atom. The summed E-state index contributed by atoms with van der Waals surface area (Å²) < 4.78 is 1.93. The smallest absolute Gasteiger partial charge is 0.270 e. The van der Waals surface area contributed by atoms with Gasteiger partial charge in [-0.2, -0.15) is 11.8 Å². The fourth-order valence-electron chi connectivity index (χ4n) is 2.86. The number of fused-ring (bicyclic) bond motifs is 1. The van der Waals surface area contributed by atoms with Crippen molar-refractivity contribution < 1.29 is 0 Å². The predicted octanol–water partition coefficient (Wildman–Crippen LogP) is 2.47. The zero-order valence-electron chi connectivity index (χ0n) is 9.50. The molecule has 1 aliphatic carbocycles. The second-order valence-corrected chi connectivity index (χ2v) is 5.94.